The second kappa shape index (κ2) is 6.63. The summed E-state index contributed by atoms with van der Waals surface area (Å²) in [5, 5.41) is 5.85. The van der Waals surface area contributed by atoms with E-state index in [2.05, 4.69) is 54.9 Å². The van der Waals surface area contributed by atoms with Gasteiger partial charge in [-0.3, -0.25) is 0 Å². The van der Waals surface area contributed by atoms with Gasteiger partial charge in [0.25, 0.3) is 0 Å². The fourth-order valence-corrected chi connectivity index (χ4v) is 3.48. The summed E-state index contributed by atoms with van der Waals surface area (Å²) >= 11 is 1.83. The van der Waals surface area contributed by atoms with Gasteiger partial charge in [-0.2, -0.15) is 0 Å². The van der Waals surface area contributed by atoms with Crippen LogP contribution in [-0.4, -0.2) is 12.6 Å². The van der Waals surface area contributed by atoms with E-state index in [1.165, 1.54) is 28.8 Å². The van der Waals surface area contributed by atoms with Gasteiger partial charge in [-0.25, -0.2) is 0 Å². The maximum Gasteiger partial charge on any atom is 0.119 e. The number of ether oxygens (including phenoxy) is 1. The SMILES string of the molecule is CCCNC(c1ccc(OC2CC2)cc1)c1sccc1C. The number of hydrogen-bond acceptors (Lipinski definition) is 3. The van der Waals surface area contributed by atoms with Crippen molar-refractivity contribution in [2.24, 2.45) is 0 Å². The molecule has 112 valence electrons. The molecule has 1 unspecified atom stereocenters. The van der Waals surface area contributed by atoms with Crippen molar-refractivity contribution in [2.45, 2.75) is 45.3 Å². The molecule has 0 spiro atoms. The first-order valence-electron chi connectivity index (χ1n) is 7.82. The molecule has 1 aliphatic carbocycles. The molecule has 1 saturated carbocycles. The molecule has 1 N–H and O–H groups in total. The molecule has 1 aliphatic rings. The summed E-state index contributed by atoms with van der Waals surface area (Å²) in [6, 6.07) is 11.1. The van der Waals surface area contributed by atoms with E-state index < -0.39 is 0 Å². The Hall–Kier alpha value is -1.32. The van der Waals surface area contributed by atoms with Crippen LogP contribution in [0.15, 0.2) is 35.7 Å². The normalized spacial score (nSPS) is 15.9. The Labute approximate surface area is 131 Å². The molecule has 1 aromatic heterocycles. The minimum Gasteiger partial charge on any atom is -0.490 e. The van der Waals surface area contributed by atoms with Crippen LogP contribution >= 0.6 is 11.3 Å². The Kier molecular flexibility index (Phi) is 4.61. The highest BCUT2D eigenvalue weighted by atomic mass is 32.1. The highest BCUT2D eigenvalue weighted by Gasteiger charge is 2.23. The fraction of sp³-hybridized carbons (Fsp3) is 0.444. The van der Waals surface area contributed by atoms with Crippen molar-refractivity contribution in [1.82, 2.24) is 5.32 Å². The lowest BCUT2D eigenvalue weighted by molar-refractivity contribution is 0.303. The Morgan fingerprint density at radius 3 is 2.57 bits per heavy atom. The van der Waals surface area contributed by atoms with Crippen molar-refractivity contribution in [3.63, 3.8) is 0 Å². The Bertz CT molecular complexity index is 571. The maximum atomic E-state index is 5.84. The molecule has 1 heterocycles. The van der Waals surface area contributed by atoms with Gasteiger partial charge in [-0.05, 0) is 67.4 Å². The van der Waals surface area contributed by atoms with Gasteiger partial charge in [0.05, 0.1) is 12.1 Å². The lowest BCUT2D eigenvalue weighted by Gasteiger charge is -2.19. The maximum absolute atomic E-state index is 5.84. The zero-order valence-corrected chi connectivity index (χ0v) is 13.6. The predicted octanol–water partition coefficient (Wildman–Crippen LogP) is 4.69. The quantitative estimate of drug-likeness (QED) is 0.801. The van der Waals surface area contributed by atoms with Gasteiger partial charge in [0.15, 0.2) is 0 Å². The van der Waals surface area contributed by atoms with Crippen LogP contribution in [0.4, 0.5) is 0 Å². The molecule has 0 bridgehead atoms. The minimum absolute atomic E-state index is 0.292. The van der Waals surface area contributed by atoms with E-state index in [-0.39, 0.29) is 0 Å². The summed E-state index contributed by atoms with van der Waals surface area (Å²) in [6.07, 6.45) is 4.02. The Balaban J connectivity index is 1.79. The summed E-state index contributed by atoms with van der Waals surface area (Å²) in [7, 11) is 0. The molecule has 1 aromatic carbocycles. The molecule has 0 saturated heterocycles. The van der Waals surface area contributed by atoms with Crippen molar-refractivity contribution in [1.29, 1.82) is 0 Å². The van der Waals surface area contributed by atoms with Crippen LogP contribution in [0.25, 0.3) is 0 Å². The molecular formula is C18H23NOS. The van der Waals surface area contributed by atoms with Gasteiger partial charge in [-0.15, -0.1) is 11.3 Å². The van der Waals surface area contributed by atoms with Crippen LogP contribution in [0.1, 0.15) is 48.2 Å². The van der Waals surface area contributed by atoms with E-state index in [0.717, 1.165) is 18.7 Å². The van der Waals surface area contributed by atoms with Crippen LogP contribution in [0.3, 0.4) is 0 Å². The highest BCUT2D eigenvalue weighted by molar-refractivity contribution is 7.10. The molecule has 0 aliphatic heterocycles. The summed E-state index contributed by atoms with van der Waals surface area (Å²) in [5.74, 6) is 0.999. The van der Waals surface area contributed by atoms with Crippen LogP contribution in [0.2, 0.25) is 0 Å². The number of benzene rings is 1. The van der Waals surface area contributed by atoms with Crippen LogP contribution in [-0.2, 0) is 0 Å². The number of thiophene rings is 1. The second-order valence-corrected chi connectivity index (χ2v) is 6.69. The first kappa shape index (κ1) is 14.6. The van der Waals surface area contributed by atoms with E-state index in [0.29, 0.717) is 12.1 Å². The predicted molar refractivity (Wildman–Crippen MR) is 89.3 cm³/mol. The van der Waals surface area contributed by atoms with Crippen LogP contribution in [0, 0.1) is 6.92 Å². The third kappa shape index (κ3) is 3.66. The molecule has 0 radical (unpaired) electrons. The summed E-state index contributed by atoms with van der Waals surface area (Å²) in [6.45, 7) is 5.43. The van der Waals surface area contributed by atoms with Crippen LogP contribution in [0.5, 0.6) is 5.75 Å². The first-order valence-corrected chi connectivity index (χ1v) is 8.70. The standard InChI is InChI=1S/C18H23NOS/c1-3-11-19-17(18-13(2)10-12-21-18)14-4-6-15(7-5-14)20-16-8-9-16/h4-7,10,12,16-17,19H,3,8-9,11H2,1-2H3. The van der Waals surface area contributed by atoms with E-state index >= 15 is 0 Å². The molecule has 21 heavy (non-hydrogen) atoms. The van der Waals surface area contributed by atoms with Gasteiger partial charge < -0.3 is 10.1 Å². The summed E-state index contributed by atoms with van der Waals surface area (Å²) in [5.41, 5.74) is 2.68. The van der Waals surface area contributed by atoms with Crippen molar-refractivity contribution in [3.05, 3.63) is 51.7 Å². The zero-order chi connectivity index (χ0) is 14.7. The second-order valence-electron chi connectivity index (χ2n) is 5.74. The first-order chi connectivity index (χ1) is 10.3. The Morgan fingerprint density at radius 2 is 2.00 bits per heavy atom. The largest absolute Gasteiger partial charge is 0.490 e. The molecule has 3 heteroatoms. The fourth-order valence-electron chi connectivity index (χ4n) is 2.45. The third-order valence-corrected chi connectivity index (χ3v) is 4.89. The molecule has 1 fully saturated rings. The van der Waals surface area contributed by atoms with Crippen molar-refractivity contribution in [3.8, 4) is 5.75 Å². The average Bonchev–Trinajstić information content (AvgIpc) is 3.21. The number of hydrogen-bond donors (Lipinski definition) is 1. The summed E-state index contributed by atoms with van der Waals surface area (Å²) in [4.78, 5) is 1.42. The number of rotatable bonds is 7. The number of aryl methyl sites for hydroxylation is 1. The van der Waals surface area contributed by atoms with Crippen molar-refractivity contribution < 1.29 is 4.74 Å². The van der Waals surface area contributed by atoms with Crippen LogP contribution < -0.4 is 10.1 Å². The lowest BCUT2D eigenvalue weighted by Crippen LogP contribution is -2.22. The molecule has 0 amide bonds. The third-order valence-electron chi connectivity index (χ3n) is 3.80. The molecule has 1 atom stereocenters. The molecule has 2 aromatic rings. The van der Waals surface area contributed by atoms with Gasteiger partial charge in [0.2, 0.25) is 0 Å². The topological polar surface area (TPSA) is 21.3 Å². The molecular weight excluding hydrogens is 278 g/mol. The average molecular weight is 301 g/mol. The summed E-state index contributed by atoms with van der Waals surface area (Å²) < 4.78 is 5.84. The monoisotopic (exact) mass is 301 g/mol. The van der Waals surface area contributed by atoms with E-state index in [4.69, 9.17) is 4.74 Å². The highest BCUT2D eigenvalue weighted by Crippen LogP contribution is 2.32. The zero-order valence-electron chi connectivity index (χ0n) is 12.8. The lowest BCUT2D eigenvalue weighted by atomic mass is 10.0. The van der Waals surface area contributed by atoms with E-state index in [1.54, 1.807) is 0 Å². The Morgan fingerprint density at radius 1 is 1.24 bits per heavy atom. The molecule has 2 nitrogen and oxygen atoms in total. The van der Waals surface area contributed by atoms with Crippen molar-refractivity contribution in [2.75, 3.05) is 6.54 Å². The van der Waals surface area contributed by atoms with Gasteiger partial charge >= 0.3 is 0 Å². The van der Waals surface area contributed by atoms with E-state index in [1.807, 2.05) is 11.3 Å². The van der Waals surface area contributed by atoms with Gasteiger partial charge in [0.1, 0.15) is 5.75 Å². The smallest absolute Gasteiger partial charge is 0.119 e. The number of nitrogens with one attached hydrogen (secondary N) is 1. The minimum atomic E-state index is 0.292. The van der Waals surface area contributed by atoms with Gasteiger partial charge in [-0.1, -0.05) is 19.1 Å². The van der Waals surface area contributed by atoms with Gasteiger partial charge in [0, 0.05) is 4.88 Å². The molecule has 3 rings (SSSR count). The van der Waals surface area contributed by atoms with Crippen molar-refractivity contribution >= 4 is 11.3 Å². The van der Waals surface area contributed by atoms with E-state index in [9.17, 15) is 0 Å².